The van der Waals surface area contributed by atoms with Gasteiger partial charge in [-0.1, -0.05) is 24.3 Å². The van der Waals surface area contributed by atoms with Gasteiger partial charge in [-0.15, -0.1) is 0 Å². The lowest BCUT2D eigenvalue weighted by Gasteiger charge is -2.11. The lowest BCUT2D eigenvalue weighted by Crippen LogP contribution is -2.19. The second kappa shape index (κ2) is 6.33. The SMILES string of the molecule is COCc1ccc(CNC(C)c2ncc[nH]2)cc1. The Hall–Kier alpha value is -1.65. The second-order valence-corrected chi connectivity index (χ2v) is 4.33. The molecule has 18 heavy (non-hydrogen) atoms. The van der Waals surface area contributed by atoms with E-state index in [0.29, 0.717) is 6.61 Å². The zero-order chi connectivity index (χ0) is 12.8. The standard InChI is InChI=1S/C14H19N3O/c1-11(14-15-7-8-16-14)17-9-12-3-5-13(6-4-12)10-18-2/h3-8,11,17H,9-10H2,1-2H3,(H,15,16). The van der Waals surface area contributed by atoms with Crippen LogP contribution in [0.25, 0.3) is 0 Å². The highest BCUT2D eigenvalue weighted by Gasteiger charge is 2.06. The summed E-state index contributed by atoms with van der Waals surface area (Å²) in [6.07, 6.45) is 3.61. The third-order valence-corrected chi connectivity index (χ3v) is 2.88. The normalized spacial score (nSPS) is 12.6. The van der Waals surface area contributed by atoms with Crippen molar-refractivity contribution < 1.29 is 4.74 Å². The number of nitrogens with zero attached hydrogens (tertiary/aromatic N) is 1. The molecule has 0 aliphatic rings. The third-order valence-electron chi connectivity index (χ3n) is 2.88. The number of H-pyrrole nitrogens is 1. The van der Waals surface area contributed by atoms with Gasteiger partial charge in [0.1, 0.15) is 5.82 Å². The first-order chi connectivity index (χ1) is 8.79. The zero-order valence-corrected chi connectivity index (χ0v) is 10.8. The molecule has 1 aromatic heterocycles. The number of aromatic nitrogens is 2. The average Bonchev–Trinajstić information content (AvgIpc) is 2.92. The quantitative estimate of drug-likeness (QED) is 0.821. The predicted molar refractivity (Wildman–Crippen MR) is 71.0 cm³/mol. The molecule has 0 radical (unpaired) electrons. The van der Waals surface area contributed by atoms with Crippen molar-refractivity contribution >= 4 is 0 Å². The van der Waals surface area contributed by atoms with E-state index in [1.54, 1.807) is 13.3 Å². The van der Waals surface area contributed by atoms with Crippen LogP contribution in [0, 0.1) is 0 Å². The Morgan fingerprint density at radius 2 is 2.00 bits per heavy atom. The van der Waals surface area contributed by atoms with E-state index in [4.69, 9.17) is 4.74 Å². The highest BCUT2D eigenvalue weighted by Crippen LogP contribution is 2.09. The number of nitrogens with one attached hydrogen (secondary N) is 2. The minimum Gasteiger partial charge on any atom is -0.380 e. The molecule has 0 fully saturated rings. The van der Waals surface area contributed by atoms with Crippen LogP contribution in [0.15, 0.2) is 36.7 Å². The highest BCUT2D eigenvalue weighted by molar-refractivity contribution is 5.22. The lowest BCUT2D eigenvalue weighted by atomic mass is 10.1. The topological polar surface area (TPSA) is 49.9 Å². The molecule has 1 aromatic carbocycles. The molecule has 0 aliphatic heterocycles. The van der Waals surface area contributed by atoms with Gasteiger partial charge in [0, 0.05) is 26.0 Å². The summed E-state index contributed by atoms with van der Waals surface area (Å²) in [6, 6.07) is 8.65. The van der Waals surface area contributed by atoms with Crippen LogP contribution < -0.4 is 5.32 Å². The summed E-state index contributed by atoms with van der Waals surface area (Å²) < 4.78 is 5.09. The first kappa shape index (κ1) is 12.8. The van der Waals surface area contributed by atoms with Crippen molar-refractivity contribution in [3.63, 3.8) is 0 Å². The molecule has 2 aromatic rings. The Kier molecular flexibility index (Phi) is 4.50. The third kappa shape index (κ3) is 3.42. The van der Waals surface area contributed by atoms with Gasteiger partial charge in [-0.3, -0.25) is 0 Å². The minimum absolute atomic E-state index is 0.221. The minimum atomic E-state index is 0.221. The van der Waals surface area contributed by atoms with Crippen molar-refractivity contribution in [3.05, 3.63) is 53.6 Å². The average molecular weight is 245 g/mol. The van der Waals surface area contributed by atoms with E-state index >= 15 is 0 Å². The maximum absolute atomic E-state index is 5.09. The molecule has 1 heterocycles. The molecule has 0 saturated carbocycles. The number of methoxy groups -OCH3 is 1. The largest absolute Gasteiger partial charge is 0.380 e. The number of ether oxygens (including phenoxy) is 1. The van der Waals surface area contributed by atoms with Gasteiger partial charge in [0.2, 0.25) is 0 Å². The van der Waals surface area contributed by atoms with Crippen molar-refractivity contribution in [1.29, 1.82) is 0 Å². The molecule has 1 unspecified atom stereocenters. The lowest BCUT2D eigenvalue weighted by molar-refractivity contribution is 0.185. The summed E-state index contributed by atoms with van der Waals surface area (Å²) >= 11 is 0. The van der Waals surface area contributed by atoms with Gasteiger partial charge < -0.3 is 15.0 Å². The number of aromatic amines is 1. The number of hydrogen-bond acceptors (Lipinski definition) is 3. The maximum Gasteiger partial charge on any atom is 0.122 e. The molecule has 4 nitrogen and oxygen atoms in total. The van der Waals surface area contributed by atoms with E-state index in [1.807, 2.05) is 6.20 Å². The molecule has 1 atom stereocenters. The van der Waals surface area contributed by atoms with Crippen LogP contribution in [-0.2, 0) is 17.9 Å². The van der Waals surface area contributed by atoms with E-state index < -0.39 is 0 Å². The van der Waals surface area contributed by atoms with Gasteiger partial charge in [-0.05, 0) is 18.1 Å². The molecule has 0 saturated heterocycles. The molecule has 2 N–H and O–H groups in total. The fourth-order valence-corrected chi connectivity index (χ4v) is 1.80. The molecule has 0 spiro atoms. The van der Waals surface area contributed by atoms with Crippen molar-refractivity contribution in [2.75, 3.05) is 7.11 Å². The molecule has 2 rings (SSSR count). The summed E-state index contributed by atoms with van der Waals surface area (Å²) in [5.74, 6) is 0.964. The fourth-order valence-electron chi connectivity index (χ4n) is 1.80. The van der Waals surface area contributed by atoms with Gasteiger partial charge in [-0.25, -0.2) is 4.98 Å². The highest BCUT2D eigenvalue weighted by atomic mass is 16.5. The molecule has 96 valence electrons. The zero-order valence-electron chi connectivity index (χ0n) is 10.8. The molecule has 4 heteroatoms. The number of benzene rings is 1. The number of hydrogen-bond donors (Lipinski definition) is 2. The Morgan fingerprint density at radius 3 is 2.61 bits per heavy atom. The first-order valence-corrected chi connectivity index (χ1v) is 6.09. The van der Waals surface area contributed by atoms with E-state index in [1.165, 1.54) is 11.1 Å². The van der Waals surface area contributed by atoms with E-state index in [0.717, 1.165) is 12.4 Å². The molecule has 0 amide bonds. The summed E-state index contributed by atoms with van der Waals surface area (Å²) in [5.41, 5.74) is 2.45. The summed E-state index contributed by atoms with van der Waals surface area (Å²) in [4.78, 5) is 7.34. The first-order valence-electron chi connectivity index (χ1n) is 6.09. The Morgan fingerprint density at radius 1 is 1.28 bits per heavy atom. The van der Waals surface area contributed by atoms with Crippen molar-refractivity contribution in [1.82, 2.24) is 15.3 Å². The van der Waals surface area contributed by atoms with Gasteiger partial charge in [0.15, 0.2) is 0 Å². The summed E-state index contributed by atoms with van der Waals surface area (Å²) in [5, 5.41) is 3.43. The van der Waals surface area contributed by atoms with Crippen molar-refractivity contribution in [2.45, 2.75) is 26.1 Å². The number of imidazole rings is 1. The Bertz CT molecular complexity index is 450. The molecule has 0 aliphatic carbocycles. The van der Waals surface area contributed by atoms with Crippen LogP contribution in [0.3, 0.4) is 0 Å². The smallest absolute Gasteiger partial charge is 0.122 e. The van der Waals surface area contributed by atoms with E-state index in [2.05, 4.69) is 46.5 Å². The molecular weight excluding hydrogens is 226 g/mol. The van der Waals surface area contributed by atoms with Crippen LogP contribution in [0.5, 0.6) is 0 Å². The van der Waals surface area contributed by atoms with Crippen molar-refractivity contribution in [2.24, 2.45) is 0 Å². The van der Waals surface area contributed by atoms with Gasteiger partial charge >= 0.3 is 0 Å². The van der Waals surface area contributed by atoms with Crippen LogP contribution in [0.2, 0.25) is 0 Å². The van der Waals surface area contributed by atoms with Gasteiger partial charge in [0.25, 0.3) is 0 Å². The molecular formula is C14H19N3O. The number of rotatable bonds is 6. The van der Waals surface area contributed by atoms with Crippen molar-refractivity contribution in [3.8, 4) is 0 Å². The maximum atomic E-state index is 5.09. The summed E-state index contributed by atoms with van der Waals surface area (Å²) in [7, 11) is 1.71. The summed E-state index contributed by atoms with van der Waals surface area (Å²) in [6.45, 7) is 3.59. The fraction of sp³-hybridized carbons (Fsp3) is 0.357. The van der Waals surface area contributed by atoms with Crippen LogP contribution >= 0.6 is 0 Å². The molecule has 0 bridgehead atoms. The Balaban J connectivity index is 1.86. The Labute approximate surface area is 107 Å². The van der Waals surface area contributed by atoms with Gasteiger partial charge in [0.05, 0.1) is 12.6 Å². The van der Waals surface area contributed by atoms with Crippen LogP contribution in [0.1, 0.15) is 29.9 Å². The van der Waals surface area contributed by atoms with Gasteiger partial charge in [-0.2, -0.15) is 0 Å². The van der Waals surface area contributed by atoms with Crippen LogP contribution in [-0.4, -0.2) is 17.1 Å². The second-order valence-electron chi connectivity index (χ2n) is 4.33. The van der Waals surface area contributed by atoms with Crippen LogP contribution in [0.4, 0.5) is 0 Å². The van der Waals surface area contributed by atoms with E-state index in [9.17, 15) is 0 Å². The monoisotopic (exact) mass is 245 g/mol. The predicted octanol–water partition coefficient (Wildman–Crippen LogP) is 2.41. The van der Waals surface area contributed by atoms with E-state index in [-0.39, 0.29) is 6.04 Å².